The fraction of sp³-hybridized carbons (Fsp3) is 0.455. The Kier molecular flexibility index (Phi) is 5.93. The van der Waals surface area contributed by atoms with Gasteiger partial charge in [0, 0.05) is 54.9 Å². The lowest BCUT2D eigenvalue weighted by molar-refractivity contribution is 0.00560. The summed E-state index contributed by atoms with van der Waals surface area (Å²) in [6, 6.07) is 14.5. The molecular formula is C22H25BrN2OS2. The van der Waals surface area contributed by atoms with Gasteiger partial charge < -0.3 is 10.1 Å². The Morgan fingerprint density at radius 2 is 1.82 bits per heavy atom. The normalized spacial score (nSPS) is 25.0. The van der Waals surface area contributed by atoms with Crippen molar-refractivity contribution in [3.63, 3.8) is 0 Å². The molecule has 3 nitrogen and oxygen atoms in total. The molecule has 0 bridgehead atoms. The Morgan fingerprint density at radius 3 is 2.71 bits per heavy atom. The van der Waals surface area contributed by atoms with E-state index in [1.807, 2.05) is 23.5 Å². The average molecular weight is 477 g/mol. The van der Waals surface area contributed by atoms with Crippen molar-refractivity contribution in [1.29, 1.82) is 0 Å². The van der Waals surface area contributed by atoms with Crippen molar-refractivity contribution in [2.75, 3.05) is 31.6 Å². The van der Waals surface area contributed by atoms with Crippen LogP contribution in [0.25, 0.3) is 0 Å². The highest BCUT2D eigenvalue weighted by Crippen LogP contribution is 2.51. The van der Waals surface area contributed by atoms with Crippen LogP contribution in [0, 0.1) is 0 Å². The molecule has 1 saturated heterocycles. The molecule has 2 aromatic rings. The van der Waals surface area contributed by atoms with Crippen molar-refractivity contribution >= 4 is 45.1 Å². The summed E-state index contributed by atoms with van der Waals surface area (Å²) < 4.78 is 6.76. The highest BCUT2D eigenvalue weighted by Gasteiger charge is 2.31. The molecule has 2 heterocycles. The lowest BCUT2D eigenvalue weighted by atomic mass is 9.88. The molecule has 2 aromatic carbocycles. The summed E-state index contributed by atoms with van der Waals surface area (Å²) in [5, 5.41) is 3.90. The van der Waals surface area contributed by atoms with Crippen molar-refractivity contribution in [2.45, 2.75) is 57.3 Å². The standard InChI is InChI=1S/C22H25BrN2OS2/c23-16-4-3-7-20-22(16)28-19-9-8-15(14-21(19)27-20)24-17-5-1-2-6-18(17)25-10-12-26-13-11-25/h3-4,7-9,14,17-18,24H,1-2,5-6,10-13H2/t17-,18+/m1/s1. The Morgan fingerprint density at radius 1 is 0.964 bits per heavy atom. The Hall–Kier alpha value is -0.660. The molecular weight excluding hydrogens is 452 g/mol. The first-order chi connectivity index (χ1) is 13.8. The average Bonchev–Trinajstić information content (AvgIpc) is 2.74. The Balaban J connectivity index is 1.34. The summed E-state index contributed by atoms with van der Waals surface area (Å²) in [5.41, 5.74) is 1.26. The van der Waals surface area contributed by atoms with Crippen LogP contribution < -0.4 is 5.32 Å². The largest absolute Gasteiger partial charge is 0.381 e. The van der Waals surface area contributed by atoms with Crippen molar-refractivity contribution in [2.24, 2.45) is 0 Å². The molecule has 2 aliphatic heterocycles. The van der Waals surface area contributed by atoms with E-state index in [2.05, 4.69) is 62.5 Å². The predicted molar refractivity (Wildman–Crippen MR) is 121 cm³/mol. The molecule has 0 aromatic heterocycles. The van der Waals surface area contributed by atoms with Crippen molar-refractivity contribution in [3.05, 3.63) is 40.9 Å². The zero-order valence-electron chi connectivity index (χ0n) is 15.8. The first kappa shape index (κ1) is 19.3. The zero-order chi connectivity index (χ0) is 18.9. The van der Waals surface area contributed by atoms with Crippen LogP contribution in [0.4, 0.5) is 5.69 Å². The van der Waals surface area contributed by atoms with Crippen molar-refractivity contribution in [1.82, 2.24) is 4.90 Å². The summed E-state index contributed by atoms with van der Waals surface area (Å²) >= 11 is 7.45. The SMILES string of the molecule is Brc1cccc2c1Sc1ccc(N[C@@H]3CCCC[C@@H]3N3CCOCC3)cc1S2. The smallest absolute Gasteiger partial charge is 0.0594 e. The van der Waals surface area contributed by atoms with Crippen LogP contribution in [-0.2, 0) is 4.74 Å². The lowest BCUT2D eigenvalue weighted by Crippen LogP contribution is -2.52. The van der Waals surface area contributed by atoms with E-state index in [1.54, 1.807) is 0 Å². The molecule has 28 heavy (non-hydrogen) atoms. The van der Waals surface area contributed by atoms with Gasteiger partial charge in [-0.15, -0.1) is 0 Å². The number of hydrogen-bond donors (Lipinski definition) is 1. The van der Waals surface area contributed by atoms with Gasteiger partial charge in [-0.25, -0.2) is 0 Å². The van der Waals surface area contributed by atoms with E-state index >= 15 is 0 Å². The molecule has 0 unspecified atom stereocenters. The number of anilines is 1. The lowest BCUT2D eigenvalue weighted by Gasteiger charge is -2.42. The van der Waals surface area contributed by atoms with Crippen molar-refractivity contribution < 1.29 is 4.74 Å². The second-order valence-corrected chi connectivity index (χ2v) is 10.7. The summed E-state index contributed by atoms with van der Waals surface area (Å²) in [6.07, 6.45) is 5.24. The molecule has 148 valence electrons. The minimum absolute atomic E-state index is 0.535. The van der Waals surface area contributed by atoms with Crippen LogP contribution >= 0.6 is 39.5 Å². The number of rotatable bonds is 3. The van der Waals surface area contributed by atoms with Gasteiger partial charge in [0.25, 0.3) is 0 Å². The molecule has 2 fully saturated rings. The van der Waals surface area contributed by atoms with E-state index in [-0.39, 0.29) is 0 Å². The minimum atomic E-state index is 0.535. The maximum Gasteiger partial charge on any atom is 0.0594 e. The quantitative estimate of drug-likeness (QED) is 0.490. The molecule has 2 atom stereocenters. The summed E-state index contributed by atoms with van der Waals surface area (Å²) in [4.78, 5) is 8.04. The van der Waals surface area contributed by atoms with Gasteiger partial charge in [-0.05, 0) is 59.1 Å². The maximum atomic E-state index is 5.57. The van der Waals surface area contributed by atoms with Crippen LogP contribution in [0.5, 0.6) is 0 Å². The molecule has 0 radical (unpaired) electrons. The van der Waals surface area contributed by atoms with E-state index in [9.17, 15) is 0 Å². The second-order valence-electron chi connectivity index (χ2n) is 7.68. The third-order valence-corrected chi connectivity index (χ3v) is 9.42. The zero-order valence-corrected chi connectivity index (χ0v) is 19.0. The van der Waals surface area contributed by atoms with Gasteiger partial charge in [-0.3, -0.25) is 4.90 Å². The predicted octanol–water partition coefficient (Wildman–Crippen LogP) is 6.12. The number of morpholine rings is 1. The highest BCUT2D eigenvalue weighted by atomic mass is 79.9. The first-order valence-electron chi connectivity index (χ1n) is 10.1. The highest BCUT2D eigenvalue weighted by molar-refractivity contribution is 9.10. The number of benzene rings is 2. The van der Waals surface area contributed by atoms with E-state index in [4.69, 9.17) is 4.74 Å². The Labute approximate surface area is 184 Å². The van der Waals surface area contributed by atoms with Gasteiger partial charge in [0.1, 0.15) is 0 Å². The van der Waals surface area contributed by atoms with Crippen LogP contribution in [0.3, 0.4) is 0 Å². The number of nitrogens with one attached hydrogen (secondary N) is 1. The van der Waals surface area contributed by atoms with Crippen LogP contribution in [0.1, 0.15) is 25.7 Å². The number of halogens is 1. The fourth-order valence-electron chi connectivity index (χ4n) is 4.50. The topological polar surface area (TPSA) is 24.5 Å². The number of hydrogen-bond acceptors (Lipinski definition) is 5. The van der Waals surface area contributed by atoms with Crippen LogP contribution in [0.2, 0.25) is 0 Å². The number of fused-ring (bicyclic) bond motifs is 2. The molecule has 6 heteroatoms. The molecule has 0 spiro atoms. The summed E-state index contributed by atoms with van der Waals surface area (Å²) in [6.45, 7) is 3.91. The summed E-state index contributed by atoms with van der Waals surface area (Å²) in [7, 11) is 0. The third kappa shape index (κ3) is 3.99. The van der Waals surface area contributed by atoms with E-state index < -0.39 is 0 Å². The van der Waals surface area contributed by atoms with Crippen molar-refractivity contribution in [3.8, 4) is 0 Å². The number of nitrogens with zero attached hydrogens (tertiary/aromatic N) is 1. The molecule has 1 N–H and O–H groups in total. The van der Waals surface area contributed by atoms with Crippen LogP contribution in [0.15, 0.2) is 60.5 Å². The minimum Gasteiger partial charge on any atom is -0.381 e. The summed E-state index contributed by atoms with van der Waals surface area (Å²) in [5.74, 6) is 0. The molecule has 3 aliphatic rings. The van der Waals surface area contributed by atoms with E-state index in [1.165, 1.54) is 55.4 Å². The van der Waals surface area contributed by atoms with Crippen LogP contribution in [-0.4, -0.2) is 43.3 Å². The van der Waals surface area contributed by atoms with Gasteiger partial charge in [-0.2, -0.15) is 0 Å². The third-order valence-electron chi connectivity index (χ3n) is 5.90. The van der Waals surface area contributed by atoms with Gasteiger partial charge >= 0.3 is 0 Å². The monoisotopic (exact) mass is 476 g/mol. The van der Waals surface area contributed by atoms with Gasteiger partial charge in [0.05, 0.1) is 13.2 Å². The van der Waals surface area contributed by atoms with Gasteiger partial charge in [0.2, 0.25) is 0 Å². The maximum absolute atomic E-state index is 5.57. The molecule has 1 aliphatic carbocycles. The van der Waals surface area contributed by atoms with Gasteiger partial charge in [-0.1, -0.05) is 42.4 Å². The Bertz CT molecular complexity index is 856. The van der Waals surface area contributed by atoms with E-state index in [0.717, 1.165) is 26.3 Å². The van der Waals surface area contributed by atoms with E-state index in [0.29, 0.717) is 12.1 Å². The molecule has 5 rings (SSSR count). The number of ether oxygens (including phenoxy) is 1. The molecule has 0 amide bonds. The fourth-order valence-corrected chi connectivity index (χ4v) is 7.53. The second kappa shape index (κ2) is 8.60. The molecule has 1 saturated carbocycles. The van der Waals surface area contributed by atoms with Gasteiger partial charge in [0.15, 0.2) is 0 Å². The first-order valence-corrected chi connectivity index (χ1v) is 12.6.